The number of hydrogen-bond acceptors (Lipinski definition) is 4. The Balaban J connectivity index is 2.53. The molecular weight excluding hydrogens is 182 g/mol. The Hall–Kier alpha value is -1.91. The van der Waals surface area contributed by atoms with Crippen LogP contribution in [-0.4, -0.2) is 15.8 Å². The molecule has 14 heavy (non-hydrogen) atoms. The Bertz CT molecular complexity index is 473. The van der Waals surface area contributed by atoms with E-state index < -0.39 is 0 Å². The summed E-state index contributed by atoms with van der Waals surface area (Å²) >= 11 is 0. The number of carbonyl (C=O) groups excluding carboxylic acids is 1. The van der Waals surface area contributed by atoms with Gasteiger partial charge in [-0.05, 0) is 6.92 Å². The number of aldehydes is 1. The van der Waals surface area contributed by atoms with Crippen LogP contribution in [0.1, 0.15) is 5.82 Å². The number of carbonyl (C=O) groups is 1. The molecule has 0 atom stereocenters. The van der Waals surface area contributed by atoms with Gasteiger partial charge in [0.1, 0.15) is 17.9 Å². The number of fused-ring (bicyclic) bond motifs is 1. The highest BCUT2D eigenvalue weighted by Gasteiger charge is 2.11. The van der Waals surface area contributed by atoms with Crippen LogP contribution in [-0.2, 0) is 11.3 Å². The van der Waals surface area contributed by atoms with Gasteiger partial charge in [0.05, 0.1) is 6.54 Å². The summed E-state index contributed by atoms with van der Waals surface area (Å²) in [5.74, 6) is 1.28. The van der Waals surface area contributed by atoms with Gasteiger partial charge in [-0.1, -0.05) is 0 Å². The summed E-state index contributed by atoms with van der Waals surface area (Å²) in [6, 6.07) is 1.41. The standard InChI is InChI=1S/C9H9N3O2/c1-6-11-9(14)2-8-10-3-7(5-13)4-12(6)8/h2-3,5,10H,4H2,1H3. The van der Waals surface area contributed by atoms with E-state index in [0.29, 0.717) is 23.8 Å². The van der Waals surface area contributed by atoms with Gasteiger partial charge in [0.2, 0.25) is 0 Å². The topological polar surface area (TPSA) is 64.0 Å². The summed E-state index contributed by atoms with van der Waals surface area (Å²) in [6.07, 6.45) is 2.38. The lowest BCUT2D eigenvalue weighted by Gasteiger charge is -2.19. The number of allylic oxidation sites excluding steroid dienone is 1. The first-order chi connectivity index (χ1) is 6.70. The van der Waals surface area contributed by atoms with Crippen molar-refractivity contribution in [3.05, 3.63) is 34.0 Å². The summed E-state index contributed by atoms with van der Waals surface area (Å²) in [4.78, 5) is 25.4. The first-order valence-corrected chi connectivity index (χ1v) is 4.20. The van der Waals surface area contributed by atoms with Crippen LogP contribution in [0.15, 0.2) is 22.6 Å². The van der Waals surface area contributed by atoms with E-state index in [-0.39, 0.29) is 5.56 Å². The van der Waals surface area contributed by atoms with E-state index in [1.807, 2.05) is 0 Å². The average molecular weight is 191 g/mol. The van der Waals surface area contributed by atoms with Crippen LogP contribution in [0.3, 0.4) is 0 Å². The van der Waals surface area contributed by atoms with Crippen LogP contribution in [0, 0.1) is 6.92 Å². The zero-order chi connectivity index (χ0) is 10.1. The minimum atomic E-state index is -0.274. The van der Waals surface area contributed by atoms with Crippen molar-refractivity contribution in [1.82, 2.24) is 9.55 Å². The first kappa shape index (κ1) is 8.68. The largest absolute Gasteiger partial charge is 0.347 e. The van der Waals surface area contributed by atoms with Crippen molar-refractivity contribution >= 4 is 12.1 Å². The smallest absolute Gasteiger partial charge is 0.275 e. The highest BCUT2D eigenvalue weighted by atomic mass is 16.1. The molecule has 2 rings (SSSR count). The molecule has 1 aliphatic heterocycles. The third kappa shape index (κ3) is 1.32. The second kappa shape index (κ2) is 3.10. The molecule has 5 nitrogen and oxygen atoms in total. The highest BCUT2D eigenvalue weighted by molar-refractivity contribution is 5.75. The van der Waals surface area contributed by atoms with Gasteiger partial charge in [-0.15, -0.1) is 0 Å². The highest BCUT2D eigenvalue weighted by Crippen LogP contribution is 2.14. The van der Waals surface area contributed by atoms with Crippen LogP contribution in [0.25, 0.3) is 0 Å². The van der Waals surface area contributed by atoms with Crippen molar-refractivity contribution in [2.45, 2.75) is 13.5 Å². The Morgan fingerprint density at radius 1 is 1.64 bits per heavy atom. The van der Waals surface area contributed by atoms with Crippen molar-refractivity contribution in [3.8, 4) is 0 Å². The number of anilines is 1. The predicted molar refractivity (Wildman–Crippen MR) is 51.0 cm³/mol. The van der Waals surface area contributed by atoms with E-state index in [2.05, 4.69) is 10.3 Å². The second-order valence-corrected chi connectivity index (χ2v) is 3.09. The number of hydrogen-bond donors (Lipinski definition) is 1. The maximum atomic E-state index is 11.1. The van der Waals surface area contributed by atoms with Crippen molar-refractivity contribution in [3.63, 3.8) is 0 Å². The fourth-order valence-electron chi connectivity index (χ4n) is 1.41. The molecule has 0 aliphatic carbocycles. The van der Waals surface area contributed by atoms with Gasteiger partial charge < -0.3 is 9.88 Å². The van der Waals surface area contributed by atoms with Crippen molar-refractivity contribution in [1.29, 1.82) is 0 Å². The maximum absolute atomic E-state index is 11.1. The number of aryl methyl sites for hydroxylation is 1. The van der Waals surface area contributed by atoms with Crippen molar-refractivity contribution in [2.75, 3.05) is 5.32 Å². The van der Waals surface area contributed by atoms with Gasteiger partial charge in [0, 0.05) is 17.8 Å². The normalized spacial score (nSPS) is 13.9. The zero-order valence-electron chi connectivity index (χ0n) is 7.65. The molecule has 0 saturated carbocycles. The first-order valence-electron chi connectivity index (χ1n) is 4.20. The van der Waals surface area contributed by atoms with E-state index in [0.717, 1.165) is 6.29 Å². The van der Waals surface area contributed by atoms with Gasteiger partial charge in [-0.25, -0.2) is 0 Å². The molecule has 0 radical (unpaired) electrons. The number of rotatable bonds is 1. The van der Waals surface area contributed by atoms with E-state index in [4.69, 9.17) is 0 Å². The molecule has 0 aromatic carbocycles. The van der Waals surface area contributed by atoms with Gasteiger partial charge in [-0.2, -0.15) is 4.98 Å². The Morgan fingerprint density at radius 3 is 3.14 bits per heavy atom. The average Bonchev–Trinajstić information content (AvgIpc) is 2.17. The third-order valence-corrected chi connectivity index (χ3v) is 2.11. The molecule has 1 aromatic heterocycles. The van der Waals surface area contributed by atoms with Crippen LogP contribution >= 0.6 is 0 Å². The fraction of sp³-hybridized carbons (Fsp3) is 0.222. The molecule has 5 heteroatoms. The van der Waals surface area contributed by atoms with E-state index in [1.54, 1.807) is 17.7 Å². The molecule has 0 unspecified atom stereocenters. The van der Waals surface area contributed by atoms with E-state index in [9.17, 15) is 9.59 Å². The Morgan fingerprint density at radius 2 is 2.43 bits per heavy atom. The third-order valence-electron chi connectivity index (χ3n) is 2.11. The van der Waals surface area contributed by atoms with E-state index in [1.165, 1.54) is 6.07 Å². The number of nitrogens with one attached hydrogen (secondary N) is 1. The quantitative estimate of drug-likeness (QED) is 0.637. The van der Waals surface area contributed by atoms with Gasteiger partial charge in [-0.3, -0.25) is 9.59 Å². The maximum Gasteiger partial charge on any atom is 0.275 e. The molecule has 0 spiro atoms. The molecule has 1 aromatic rings. The fourth-order valence-corrected chi connectivity index (χ4v) is 1.41. The molecule has 0 fully saturated rings. The molecule has 72 valence electrons. The van der Waals surface area contributed by atoms with E-state index >= 15 is 0 Å². The molecule has 1 N–H and O–H groups in total. The summed E-state index contributed by atoms with van der Waals surface area (Å²) in [6.45, 7) is 2.20. The lowest BCUT2D eigenvalue weighted by atomic mass is 10.2. The second-order valence-electron chi connectivity index (χ2n) is 3.09. The molecule has 2 heterocycles. The Kier molecular flexibility index (Phi) is 1.92. The van der Waals surface area contributed by atoms with Crippen molar-refractivity contribution < 1.29 is 4.79 Å². The monoisotopic (exact) mass is 191 g/mol. The molecular formula is C9H9N3O2. The molecule has 1 aliphatic rings. The number of nitrogens with zero attached hydrogens (tertiary/aromatic N) is 2. The minimum Gasteiger partial charge on any atom is -0.347 e. The minimum absolute atomic E-state index is 0.274. The predicted octanol–water partition coefficient (Wildman–Crippen LogP) is 0.0600. The zero-order valence-corrected chi connectivity index (χ0v) is 7.65. The van der Waals surface area contributed by atoms with Gasteiger partial charge in [0.15, 0.2) is 0 Å². The summed E-state index contributed by atoms with van der Waals surface area (Å²) in [5, 5.41) is 2.87. The van der Waals surface area contributed by atoms with Gasteiger partial charge >= 0.3 is 0 Å². The SMILES string of the molecule is Cc1nc(=O)cc2n1CC(C=O)=CN2. The van der Waals surface area contributed by atoms with Crippen LogP contribution < -0.4 is 10.9 Å². The van der Waals surface area contributed by atoms with Crippen molar-refractivity contribution in [2.24, 2.45) is 0 Å². The van der Waals surface area contributed by atoms with Crippen LogP contribution in [0.4, 0.5) is 5.82 Å². The molecule has 0 amide bonds. The lowest BCUT2D eigenvalue weighted by molar-refractivity contribution is -0.105. The molecule has 0 bridgehead atoms. The summed E-state index contributed by atoms with van der Waals surface area (Å²) in [7, 11) is 0. The molecule has 0 saturated heterocycles. The summed E-state index contributed by atoms with van der Waals surface area (Å²) in [5.41, 5.74) is 0.357. The Labute approximate surface area is 80.1 Å². The summed E-state index contributed by atoms with van der Waals surface area (Å²) < 4.78 is 1.78. The lowest BCUT2D eigenvalue weighted by Crippen LogP contribution is -2.22. The van der Waals surface area contributed by atoms with Crippen LogP contribution in [0.2, 0.25) is 0 Å². The van der Waals surface area contributed by atoms with Crippen LogP contribution in [0.5, 0.6) is 0 Å². The van der Waals surface area contributed by atoms with Gasteiger partial charge in [0.25, 0.3) is 5.56 Å². The number of aromatic nitrogens is 2.